The number of carbonyl (C=O) groups excluding carboxylic acids is 1. The summed E-state index contributed by atoms with van der Waals surface area (Å²) in [5, 5.41) is 0. The van der Waals surface area contributed by atoms with E-state index in [9.17, 15) is 4.79 Å². The quantitative estimate of drug-likeness (QED) is 0.717. The van der Waals surface area contributed by atoms with Gasteiger partial charge in [0, 0.05) is 38.5 Å². The molecule has 29 heavy (non-hydrogen) atoms. The van der Waals surface area contributed by atoms with Gasteiger partial charge < -0.3 is 19.3 Å². The molecule has 0 spiro atoms. The lowest BCUT2D eigenvalue weighted by atomic mass is 10.1. The molecule has 0 saturated carbocycles. The van der Waals surface area contributed by atoms with Gasteiger partial charge in [-0.3, -0.25) is 4.79 Å². The lowest BCUT2D eigenvalue weighted by molar-refractivity contribution is -0.130. The number of amides is 1. The van der Waals surface area contributed by atoms with Crippen LogP contribution >= 0.6 is 0 Å². The number of para-hydroxylation sites is 1. The molecule has 154 valence electrons. The van der Waals surface area contributed by atoms with Crippen molar-refractivity contribution in [2.24, 2.45) is 0 Å². The zero-order valence-corrected chi connectivity index (χ0v) is 16.9. The van der Waals surface area contributed by atoms with Gasteiger partial charge in [-0.1, -0.05) is 18.2 Å². The van der Waals surface area contributed by atoms with E-state index in [1.165, 1.54) is 12.8 Å². The number of rotatable bonds is 7. The van der Waals surface area contributed by atoms with Crippen LogP contribution in [0.2, 0.25) is 0 Å². The number of aromatic nitrogens is 2. The predicted molar refractivity (Wildman–Crippen MR) is 110 cm³/mol. The Morgan fingerprint density at radius 1 is 1.17 bits per heavy atom. The molecule has 1 amide bonds. The summed E-state index contributed by atoms with van der Waals surface area (Å²) in [6, 6.07) is 9.76. The fourth-order valence-electron chi connectivity index (χ4n) is 4.04. The molecule has 0 N–H and O–H groups in total. The third-order valence-electron chi connectivity index (χ3n) is 5.64. The van der Waals surface area contributed by atoms with E-state index in [2.05, 4.69) is 14.9 Å². The number of nitrogens with zero attached hydrogens (tertiary/aromatic N) is 4. The molecular weight excluding hydrogens is 368 g/mol. The Kier molecular flexibility index (Phi) is 6.12. The minimum absolute atomic E-state index is 0.0217. The molecule has 2 aliphatic heterocycles. The first-order chi connectivity index (χ1) is 14.2. The molecular formula is C22H28N4O3. The van der Waals surface area contributed by atoms with Crippen LogP contribution in [0, 0.1) is 0 Å². The molecule has 7 nitrogen and oxygen atoms in total. The molecule has 0 radical (unpaired) electrons. The van der Waals surface area contributed by atoms with E-state index in [0.717, 1.165) is 43.2 Å². The van der Waals surface area contributed by atoms with Gasteiger partial charge in [-0.05, 0) is 30.9 Å². The minimum Gasteiger partial charge on any atom is -0.496 e. The van der Waals surface area contributed by atoms with Gasteiger partial charge in [0.05, 0.1) is 13.7 Å². The van der Waals surface area contributed by atoms with Gasteiger partial charge in [-0.2, -0.15) is 0 Å². The van der Waals surface area contributed by atoms with E-state index >= 15 is 0 Å². The monoisotopic (exact) mass is 396 g/mol. The molecule has 2 fully saturated rings. The number of hydrogen-bond donors (Lipinski definition) is 0. The molecule has 1 aromatic heterocycles. The van der Waals surface area contributed by atoms with Gasteiger partial charge in [0.1, 0.15) is 24.0 Å². The van der Waals surface area contributed by atoms with Crippen molar-refractivity contribution in [3.05, 3.63) is 42.2 Å². The lowest BCUT2D eigenvalue weighted by Gasteiger charge is -2.19. The number of aryl methyl sites for hydroxylation is 1. The van der Waals surface area contributed by atoms with Crippen LogP contribution in [0.3, 0.4) is 0 Å². The van der Waals surface area contributed by atoms with Crippen LogP contribution in [0.1, 0.15) is 31.2 Å². The highest BCUT2D eigenvalue weighted by molar-refractivity contribution is 5.77. The van der Waals surface area contributed by atoms with Crippen molar-refractivity contribution < 1.29 is 14.3 Å². The maximum atomic E-state index is 12.6. The van der Waals surface area contributed by atoms with Gasteiger partial charge in [0.25, 0.3) is 0 Å². The molecule has 2 aromatic rings. The summed E-state index contributed by atoms with van der Waals surface area (Å²) in [4.78, 5) is 25.4. The Morgan fingerprint density at radius 3 is 2.83 bits per heavy atom. The van der Waals surface area contributed by atoms with Crippen molar-refractivity contribution in [1.29, 1.82) is 0 Å². The van der Waals surface area contributed by atoms with Crippen LogP contribution in [-0.2, 0) is 11.2 Å². The van der Waals surface area contributed by atoms with Crippen molar-refractivity contribution in [2.75, 3.05) is 38.2 Å². The fraction of sp³-hybridized carbons (Fsp3) is 0.500. The van der Waals surface area contributed by atoms with Crippen molar-refractivity contribution in [3.8, 4) is 11.6 Å². The minimum atomic E-state index is -0.0217. The maximum absolute atomic E-state index is 12.6. The lowest BCUT2D eigenvalue weighted by Crippen LogP contribution is -2.31. The van der Waals surface area contributed by atoms with Gasteiger partial charge in [-0.25, -0.2) is 9.97 Å². The third kappa shape index (κ3) is 4.78. The Bertz CT molecular complexity index is 838. The summed E-state index contributed by atoms with van der Waals surface area (Å²) in [7, 11) is 1.66. The van der Waals surface area contributed by atoms with E-state index < -0.39 is 0 Å². The maximum Gasteiger partial charge on any atom is 0.223 e. The predicted octanol–water partition coefficient (Wildman–Crippen LogP) is 2.70. The molecule has 2 aliphatic rings. The Morgan fingerprint density at radius 2 is 2.00 bits per heavy atom. The van der Waals surface area contributed by atoms with Crippen molar-refractivity contribution in [2.45, 2.75) is 38.2 Å². The SMILES string of the molecule is COc1ccccc1CCC(=O)N1CCC(Oc2cc(N3CCCC3)ncn2)C1. The molecule has 4 rings (SSSR count). The van der Waals surface area contributed by atoms with E-state index in [4.69, 9.17) is 9.47 Å². The largest absolute Gasteiger partial charge is 0.496 e. The van der Waals surface area contributed by atoms with Gasteiger partial charge >= 0.3 is 0 Å². The Hall–Kier alpha value is -2.83. The standard InChI is InChI=1S/C22H28N4O3/c1-28-19-7-3-2-6-17(19)8-9-22(27)26-13-10-18(15-26)29-21-14-20(23-16-24-21)25-11-4-5-12-25/h2-3,6-7,14,16,18H,4-5,8-13,15H2,1H3. The number of methoxy groups -OCH3 is 1. The Balaban J connectivity index is 1.29. The summed E-state index contributed by atoms with van der Waals surface area (Å²) in [5.74, 6) is 2.51. The summed E-state index contributed by atoms with van der Waals surface area (Å²) in [6.07, 6.45) is 5.92. The van der Waals surface area contributed by atoms with Crippen LogP contribution in [0.5, 0.6) is 11.6 Å². The van der Waals surface area contributed by atoms with Crippen LogP contribution in [-0.4, -0.2) is 60.2 Å². The zero-order valence-electron chi connectivity index (χ0n) is 16.9. The van der Waals surface area contributed by atoms with E-state index in [1.54, 1.807) is 13.4 Å². The van der Waals surface area contributed by atoms with E-state index in [1.807, 2.05) is 35.2 Å². The van der Waals surface area contributed by atoms with Crippen molar-refractivity contribution in [3.63, 3.8) is 0 Å². The van der Waals surface area contributed by atoms with Crippen LogP contribution in [0.15, 0.2) is 36.7 Å². The molecule has 0 aliphatic carbocycles. The Labute approximate surface area is 171 Å². The van der Waals surface area contributed by atoms with E-state index in [-0.39, 0.29) is 12.0 Å². The van der Waals surface area contributed by atoms with Crippen LogP contribution in [0.25, 0.3) is 0 Å². The highest BCUT2D eigenvalue weighted by Gasteiger charge is 2.28. The first kappa shape index (κ1) is 19.5. The topological polar surface area (TPSA) is 67.8 Å². The number of carbonyl (C=O) groups is 1. The molecule has 0 bridgehead atoms. The molecule has 1 aromatic carbocycles. The molecule has 7 heteroatoms. The number of ether oxygens (including phenoxy) is 2. The van der Waals surface area contributed by atoms with Crippen molar-refractivity contribution in [1.82, 2.24) is 14.9 Å². The summed E-state index contributed by atoms with van der Waals surface area (Å²) in [5.41, 5.74) is 1.06. The highest BCUT2D eigenvalue weighted by atomic mass is 16.5. The molecule has 1 atom stereocenters. The second kappa shape index (κ2) is 9.11. The smallest absolute Gasteiger partial charge is 0.223 e. The van der Waals surface area contributed by atoms with Gasteiger partial charge in [0.15, 0.2) is 0 Å². The summed E-state index contributed by atoms with van der Waals surface area (Å²) in [6.45, 7) is 3.40. The number of likely N-dealkylation sites (tertiary alicyclic amines) is 1. The van der Waals surface area contributed by atoms with E-state index in [0.29, 0.717) is 25.3 Å². The van der Waals surface area contributed by atoms with Gasteiger partial charge in [0.2, 0.25) is 11.8 Å². The third-order valence-corrected chi connectivity index (χ3v) is 5.64. The molecule has 3 heterocycles. The second-order valence-electron chi connectivity index (χ2n) is 7.59. The number of benzene rings is 1. The first-order valence-corrected chi connectivity index (χ1v) is 10.4. The van der Waals surface area contributed by atoms with Crippen LogP contribution in [0.4, 0.5) is 5.82 Å². The van der Waals surface area contributed by atoms with Crippen LogP contribution < -0.4 is 14.4 Å². The molecule has 1 unspecified atom stereocenters. The first-order valence-electron chi connectivity index (χ1n) is 10.4. The number of anilines is 1. The summed E-state index contributed by atoms with van der Waals surface area (Å²) >= 11 is 0. The second-order valence-corrected chi connectivity index (χ2v) is 7.59. The van der Waals surface area contributed by atoms with Gasteiger partial charge in [-0.15, -0.1) is 0 Å². The summed E-state index contributed by atoms with van der Waals surface area (Å²) < 4.78 is 11.4. The average Bonchev–Trinajstić information content (AvgIpc) is 3.45. The van der Waals surface area contributed by atoms with Crippen molar-refractivity contribution >= 4 is 11.7 Å². The number of hydrogen-bond acceptors (Lipinski definition) is 6. The highest BCUT2D eigenvalue weighted by Crippen LogP contribution is 2.24. The molecule has 2 saturated heterocycles. The average molecular weight is 396 g/mol. The normalized spacial score (nSPS) is 18.9. The zero-order chi connectivity index (χ0) is 20.1. The fourth-order valence-corrected chi connectivity index (χ4v) is 4.04.